The summed E-state index contributed by atoms with van der Waals surface area (Å²) in [6, 6.07) is 13.4. The Morgan fingerprint density at radius 1 is 1.13 bits per heavy atom. The third kappa shape index (κ3) is 5.75. The van der Waals surface area contributed by atoms with Crippen molar-refractivity contribution in [3.63, 3.8) is 0 Å². The summed E-state index contributed by atoms with van der Waals surface area (Å²) in [5.41, 5.74) is 8.24. The van der Waals surface area contributed by atoms with Crippen LogP contribution in [0.1, 0.15) is 46.6 Å². The van der Waals surface area contributed by atoms with Gasteiger partial charge in [0.1, 0.15) is 18.0 Å². The van der Waals surface area contributed by atoms with E-state index in [0.29, 0.717) is 28.7 Å². The Hall–Kier alpha value is -4.45. The minimum atomic E-state index is -4.90. The second kappa shape index (κ2) is 10.9. The van der Waals surface area contributed by atoms with Crippen molar-refractivity contribution in [3.05, 3.63) is 89.2 Å². The number of aromatic nitrogens is 1. The molecule has 0 saturated carbocycles. The summed E-state index contributed by atoms with van der Waals surface area (Å²) in [6.07, 6.45) is -4.18. The van der Waals surface area contributed by atoms with Crippen molar-refractivity contribution < 1.29 is 37.0 Å². The molecule has 2 atom stereocenters. The molecule has 2 heterocycles. The minimum absolute atomic E-state index is 0.181. The Kier molecular flexibility index (Phi) is 7.62. The first kappa shape index (κ1) is 26.6. The zero-order valence-electron chi connectivity index (χ0n) is 20.3. The first-order valence-electron chi connectivity index (χ1n) is 11.4. The van der Waals surface area contributed by atoms with Gasteiger partial charge in [-0.25, -0.2) is 4.79 Å². The first-order chi connectivity index (χ1) is 18.1. The van der Waals surface area contributed by atoms with E-state index < -0.39 is 30.5 Å². The Bertz CT molecular complexity index is 1350. The van der Waals surface area contributed by atoms with Gasteiger partial charge < -0.3 is 19.9 Å². The van der Waals surface area contributed by atoms with Crippen molar-refractivity contribution in [2.75, 3.05) is 7.11 Å². The van der Waals surface area contributed by atoms with E-state index in [4.69, 9.17) is 15.2 Å². The number of nitrogens with zero attached hydrogens (tertiary/aromatic N) is 3. The van der Waals surface area contributed by atoms with Crippen LogP contribution < -0.4 is 15.2 Å². The van der Waals surface area contributed by atoms with E-state index in [0.717, 1.165) is 11.1 Å². The Balaban J connectivity index is 1.62. The lowest BCUT2D eigenvalue weighted by Gasteiger charge is -2.32. The van der Waals surface area contributed by atoms with Gasteiger partial charge >= 0.3 is 12.5 Å². The molecule has 198 valence electrons. The summed E-state index contributed by atoms with van der Waals surface area (Å²) in [6.45, 7) is 1.76. The molecular weight excluding hydrogens is 505 g/mol. The predicted octanol–water partition coefficient (Wildman–Crippen LogP) is 4.81. The maximum Gasteiger partial charge on any atom is 0.573 e. The molecular formula is C26H23F3N4O5. The fourth-order valence-electron chi connectivity index (χ4n) is 3.82. The lowest BCUT2D eigenvalue weighted by molar-refractivity contribution is -0.275. The van der Waals surface area contributed by atoms with E-state index in [9.17, 15) is 22.8 Å². The lowest BCUT2D eigenvalue weighted by atomic mass is 10.0. The summed E-state index contributed by atoms with van der Waals surface area (Å²) in [7, 11) is 1.20. The van der Waals surface area contributed by atoms with Gasteiger partial charge in [0, 0.05) is 29.1 Å². The summed E-state index contributed by atoms with van der Waals surface area (Å²) in [4.78, 5) is 29.3. The molecule has 1 aromatic heterocycles. The Morgan fingerprint density at radius 2 is 1.87 bits per heavy atom. The van der Waals surface area contributed by atoms with Crippen LogP contribution in [0.15, 0.2) is 72.1 Å². The predicted molar refractivity (Wildman–Crippen MR) is 130 cm³/mol. The quantitative estimate of drug-likeness (QED) is 0.417. The van der Waals surface area contributed by atoms with Gasteiger partial charge in [-0.15, -0.1) is 13.2 Å². The van der Waals surface area contributed by atoms with Crippen LogP contribution in [-0.4, -0.2) is 47.2 Å². The monoisotopic (exact) mass is 528 g/mol. The van der Waals surface area contributed by atoms with Crippen LogP contribution in [0.3, 0.4) is 0 Å². The first-order valence-corrected chi connectivity index (χ1v) is 11.4. The molecule has 0 aliphatic carbocycles. The van der Waals surface area contributed by atoms with E-state index in [1.54, 1.807) is 49.5 Å². The molecule has 0 saturated heterocycles. The SMILES string of the molecule is CCC1OC(=O)N(C(N)c2ccc(C(=O)c3cccnc3)cc2)N=C1c1ccc(OC(F)(F)F)c(OC)c1. The molecule has 0 radical (unpaired) electrons. The third-order valence-electron chi connectivity index (χ3n) is 5.71. The number of hydrogen-bond donors (Lipinski definition) is 1. The highest BCUT2D eigenvalue weighted by Crippen LogP contribution is 2.34. The van der Waals surface area contributed by atoms with E-state index >= 15 is 0 Å². The number of ether oxygens (including phenoxy) is 3. The van der Waals surface area contributed by atoms with E-state index in [-0.39, 0.29) is 17.2 Å². The van der Waals surface area contributed by atoms with E-state index in [1.165, 1.54) is 25.4 Å². The highest BCUT2D eigenvalue weighted by atomic mass is 19.4. The number of cyclic esters (lactones) is 1. The van der Waals surface area contributed by atoms with Gasteiger partial charge in [-0.2, -0.15) is 10.1 Å². The maximum atomic E-state index is 12.7. The second-order valence-electron chi connectivity index (χ2n) is 8.16. The summed E-state index contributed by atoms with van der Waals surface area (Å²) in [5, 5.41) is 5.34. The number of methoxy groups -OCH3 is 1. The summed E-state index contributed by atoms with van der Waals surface area (Å²) < 4.78 is 52.8. The Morgan fingerprint density at radius 3 is 2.47 bits per heavy atom. The number of carbonyl (C=O) groups excluding carboxylic acids is 2. The third-order valence-corrected chi connectivity index (χ3v) is 5.71. The fraction of sp³-hybridized carbons (Fsp3) is 0.231. The number of hydrazone groups is 1. The molecule has 0 spiro atoms. The molecule has 1 aliphatic heterocycles. The number of alkyl halides is 3. The molecule has 38 heavy (non-hydrogen) atoms. The molecule has 12 heteroatoms. The van der Waals surface area contributed by atoms with Gasteiger partial charge in [0.2, 0.25) is 0 Å². The van der Waals surface area contributed by atoms with Crippen molar-refractivity contribution >= 4 is 17.6 Å². The fourth-order valence-corrected chi connectivity index (χ4v) is 3.82. The number of pyridine rings is 1. The van der Waals surface area contributed by atoms with Gasteiger partial charge in [-0.05, 0) is 42.3 Å². The molecule has 1 aliphatic rings. The molecule has 9 nitrogen and oxygen atoms in total. The lowest BCUT2D eigenvalue weighted by Crippen LogP contribution is -2.45. The molecule has 3 aromatic rings. The van der Waals surface area contributed by atoms with Crippen molar-refractivity contribution in [2.45, 2.75) is 32.0 Å². The smallest absolute Gasteiger partial charge is 0.493 e. The number of hydrogen-bond acceptors (Lipinski definition) is 8. The maximum absolute atomic E-state index is 12.7. The Labute approximate surface area is 215 Å². The number of amides is 1. The van der Waals surface area contributed by atoms with Crippen molar-refractivity contribution in [1.29, 1.82) is 0 Å². The van der Waals surface area contributed by atoms with Crippen molar-refractivity contribution in [2.24, 2.45) is 10.8 Å². The normalized spacial score (nSPS) is 16.4. The average molecular weight is 528 g/mol. The molecule has 2 unspecified atom stereocenters. The highest BCUT2D eigenvalue weighted by Gasteiger charge is 2.36. The zero-order valence-corrected chi connectivity index (χ0v) is 20.3. The molecule has 4 rings (SSSR count). The number of ketones is 1. The van der Waals surface area contributed by atoms with Crippen LogP contribution >= 0.6 is 0 Å². The summed E-state index contributed by atoms with van der Waals surface area (Å²) in [5.74, 6) is -0.938. The number of halogens is 3. The van der Waals surface area contributed by atoms with Crippen LogP contribution in [0.5, 0.6) is 11.5 Å². The average Bonchev–Trinajstić information content (AvgIpc) is 2.92. The second-order valence-corrected chi connectivity index (χ2v) is 8.16. The van der Waals surface area contributed by atoms with E-state index in [2.05, 4.69) is 14.8 Å². The minimum Gasteiger partial charge on any atom is -0.493 e. The van der Waals surface area contributed by atoms with Gasteiger partial charge in [0.15, 0.2) is 17.3 Å². The van der Waals surface area contributed by atoms with Gasteiger partial charge in [0.25, 0.3) is 0 Å². The number of rotatable bonds is 8. The number of benzene rings is 2. The largest absolute Gasteiger partial charge is 0.573 e. The molecule has 0 bridgehead atoms. The molecule has 2 N–H and O–H groups in total. The van der Waals surface area contributed by atoms with Crippen LogP contribution in [-0.2, 0) is 4.74 Å². The van der Waals surface area contributed by atoms with Gasteiger partial charge in [0.05, 0.1) is 7.11 Å². The summed E-state index contributed by atoms with van der Waals surface area (Å²) >= 11 is 0. The topological polar surface area (TPSA) is 116 Å². The van der Waals surface area contributed by atoms with Crippen LogP contribution in [0.25, 0.3) is 0 Å². The van der Waals surface area contributed by atoms with Crippen LogP contribution in [0.2, 0.25) is 0 Å². The van der Waals surface area contributed by atoms with Crippen LogP contribution in [0.4, 0.5) is 18.0 Å². The molecule has 0 fully saturated rings. The number of nitrogens with two attached hydrogens (primary N) is 1. The van der Waals surface area contributed by atoms with Crippen LogP contribution in [0, 0.1) is 0 Å². The van der Waals surface area contributed by atoms with E-state index in [1.807, 2.05) is 0 Å². The highest BCUT2D eigenvalue weighted by molar-refractivity contribution is 6.09. The molecule has 2 aromatic carbocycles. The standard InChI is InChI=1S/C26H23F3N4O5/c1-3-19-22(17-10-11-20(21(13-17)36-2)38-26(27,28)29)32-33(25(35)37-19)24(30)16-8-6-15(7-9-16)23(34)18-5-4-12-31-14-18/h4-14,19,24H,3,30H2,1-2H3. The van der Waals surface area contributed by atoms with Crippen molar-refractivity contribution in [1.82, 2.24) is 9.99 Å². The zero-order chi connectivity index (χ0) is 27.4. The number of carbonyl (C=O) groups is 2. The van der Waals surface area contributed by atoms with Crippen molar-refractivity contribution in [3.8, 4) is 11.5 Å². The van der Waals surface area contributed by atoms with Gasteiger partial charge in [-0.1, -0.05) is 31.2 Å². The molecule has 1 amide bonds. The van der Waals surface area contributed by atoms with Gasteiger partial charge in [-0.3, -0.25) is 9.78 Å².